The number of hydrogen-bond acceptors (Lipinski definition) is 6. The second-order valence-corrected chi connectivity index (χ2v) is 7.15. The maximum absolute atomic E-state index is 12.5. The van der Waals surface area contributed by atoms with Crippen LogP contribution in [0.2, 0.25) is 0 Å². The Morgan fingerprint density at radius 3 is 2.62 bits per heavy atom. The number of nitriles is 1. The van der Waals surface area contributed by atoms with E-state index in [1.807, 2.05) is 36.4 Å². The molecule has 2 aromatic carbocycles. The quantitative estimate of drug-likeness (QED) is 0.468. The molecule has 146 valence electrons. The van der Waals surface area contributed by atoms with E-state index in [-0.39, 0.29) is 5.57 Å². The number of nitrogens with one attached hydrogen (secondary N) is 1. The molecule has 0 aliphatic rings. The van der Waals surface area contributed by atoms with Crippen molar-refractivity contribution < 1.29 is 14.3 Å². The van der Waals surface area contributed by atoms with Gasteiger partial charge in [-0.15, -0.1) is 11.3 Å². The molecule has 1 heterocycles. The first-order valence-corrected chi connectivity index (χ1v) is 9.58. The summed E-state index contributed by atoms with van der Waals surface area (Å²) < 4.78 is 10.5. The van der Waals surface area contributed by atoms with Crippen molar-refractivity contribution in [3.8, 4) is 17.6 Å². The van der Waals surface area contributed by atoms with E-state index in [0.29, 0.717) is 22.2 Å². The number of ether oxygens (including phenoxy) is 2. The molecule has 29 heavy (non-hydrogen) atoms. The lowest BCUT2D eigenvalue weighted by Crippen LogP contribution is -2.13. The first-order chi connectivity index (χ1) is 14.1. The van der Waals surface area contributed by atoms with Crippen molar-refractivity contribution in [1.29, 1.82) is 5.26 Å². The van der Waals surface area contributed by atoms with Crippen molar-refractivity contribution >= 4 is 28.5 Å². The van der Waals surface area contributed by atoms with Crippen molar-refractivity contribution in [2.75, 3.05) is 19.5 Å². The predicted octanol–water partition coefficient (Wildman–Crippen LogP) is 4.30. The molecule has 0 radical (unpaired) electrons. The summed E-state index contributed by atoms with van der Waals surface area (Å²) in [5.74, 6) is 0.577. The van der Waals surface area contributed by atoms with E-state index >= 15 is 0 Å². The standard InChI is InChI=1S/C22H19N3O3S/c1-27-19-9-8-16(12-20(19)28-2)10-17(13-23)21(26)25-22-24-14-18(29-22)11-15-6-4-3-5-7-15/h3-10,12,14H,11H2,1-2H3,(H,24,25,26)/b17-10+. The zero-order valence-corrected chi connectivity index (χ0v) is 16.8. The zero-order chi connectivity index (χ0) is 20.6. The highest BCUT2D eigenvalue weighted by Crippen LogP contribution is 2.28. The lowest BCUT2D eigenvalue weighted by Gasteiger charge is -2.08. The minimum atomic E-state index is -0.511. The van der Waals surface area contributed by atoms with Crippen molar-refractivity contribution in [1.82, 2.24) is 4.98 Å². The summed E-state index contributed by atoms with van der Waals surface area (Å²) in [5, 5.41) is 12.6. The van der Waals surface area contributed by atoms with E-state index in [9.17, 15) is 10.1 Å². The first kappa shape index (κ1) is 20.1. The van der Waals surface area contributed by atoms with Gasteiger partial charge in [-0.2, -0.15) is 5.26 Å². The maximum Gasteiger partial charge on any atom is 0.268 e. The molecule has 1 aromatic heterocycles. The molecule has 0 atom stereocenters. The Labute approximate surface area is 173 Å². The van der Waals surface area contributed by atoms with Gasteiger partial charge in [0, 0.05) is 17.5 Å². The molecule has 0 unspecified atom stereocenters. The van der Waals surface area contributed by atoms with E-state index in [1.165, 1.54) is 30.1 Å². The van der Waals surface area contributed by atoms with Crippen molar-refractivity contribution in [3.63, 3.8) is 0 Å². The molecule has 1 amide bonds. The average Bonchev–Trinajstić information content (AvgIpc) is 3.18. The van der Waals surface area contributed by atoms with Gasteiger partial charge in [0.25, 0.3) is 5.91 Å². The summed E-state index contributed by atoms with van der Waals surface area (Å²) in [5.41, 5.74) is 1.79. The number of aromatic nitrogens is 1. The summed E-state index contributed by atoms with van der Waals surface area (Å²) in [6, 6.07) is 17.1. The van der Waals surface area contributed by atoms with Crippen LogP contribution in [0.4, 0.5) is 5.13 Å². The van der Waals surface area contributed by atoms with E-state index in [4.69, 9.17) is 9.47 Å². The molecular weight excluding hydrogens is 386 g/mol. The minimum absolute atomic E-state index is 0.0305. The number of benzene rings is 2. The Kier molecular flexibility index (Phi) is 6.61. The Morgan fingerprint density at radius 1 is 1.17 bits per heavy atom. The van der Waals surface area contributed by atoms with Crippen LogP contribution in [-0.2, 0) is 11.2 Å². The SMILES string of the molecule is COc1ccc(/C=C(\C#N)C(=O)Nc2ncc(Cc3ccccc3)s2)cc1OC. The fourth-order valence-electron chi connectivity index (χ4n) is 2.67. The molecule has 7 heteroatoms. The van der Waals surface area contributed by atoms with E-state index in [0.717, 1.165) is 11.3 Å². The fourth-order valence-corrected chi connectivity index (χ4v) is 3.51. The Morgan fingerprint density at radius 2 is 1.93 bits per heavy atom. The molecule has 0 aliphatic carbocycles. The van der Waals surface area contributed by atoms with Crippen LogP contribution < -0.4 is 14.8 Å². The van der Waals surface area contributed by atoms with Crippen LogP contribution in [0.5, 0.6) is 11.5 Å². The molecule has 0 bridgehead atoms. The van der Waals surface area contributed by atoms with Crippen molar-refractivity contribution in [3.05, 3.63) is 76.3 Å². The van der Waals surface area contributed by atoms with E-state index in [1.54, 1.807) is 31.5 Å². The first-order valence-electron chi connectivity index (χ1n) is 8.76. The highest BCUT2D eigenvalue weighted by Gasteiger charge is 2.13. The van der Waals surface area contributed by atoms with E-state index < -0.39 is 5.91 Å². The van der Waals surface area contributed by atoms with Gasteiger partial charge in [-0.3, -0.25) is 10.1 Å². The van der Waals surface area contributed by atoms with Crippen molar-refractivity contribution in [2.45, 2.75) is 6.42 Å². The van der Waals surface area contributed by atoms with Gasteiger partial charge in [-0.05, 0) is 29.3 Å². The predicted molar refractivity (Wildman–Crippen MR) is 113 cm³/mol. The maximum atomic E-state index is 12.5. The fraction of sp³-hybridized carbons (Fsp3) is 0.136. The van der Waals surface area contributed by atoms with Crippen molar-refractivity contribution in [2.24, 2.45) is 0 Å². The smallest absolute Gasteiger partial charge is 0.268 e. The van der Waals surface area contributed by atoms with Crippen LogP contribution in [0, 0.1) is 11.3 Å². The van der Waals surface area contributed by atoms with E-state index in [2.05, 4.69) is 10.3 Å². The largest absolute Gasteiger partial charge is 0.493 e. The number of carbonyl (C=O) groups excluding carboxylic acids is 1. The number of nitrogens with zero attached hydrogens (tertiary/aromatic N) is 2. The van der Waals surface area contributed by atoms with Gasteiger partial charge in [0.2, 0.25) is 0 Å². The van der Waals surface area contributed by atoms with Gasteiger partial charge in [-0.25, -0.2) is 4.98 Å². The van der Waals surface area contributed by atoms with Gasteiger partial charge in [0.15, 0.2) is 16.6 Å². The van der Waals surface area contributed by atoms with Gasteiger partial charge in [-0.1, -0.05) is 36.4 Å². The Hall–Kier alpha value is -3.63. The normalized spacial score (nSPS) is 10.9. The number of methoxy groups -OCH3 is 2. The third kappa shape index (κ3) is 5.21. The number of rotatable bonds is 7. The number of anilines is 1. The molecule has 1 N–H and O–H groups in total. The minimum Gasteiger partial charge on any atom is -0.493 e. The van der Waals surface area contributed by atoms with Crippen LogP contribution in [0.1, 0.15) is 16.0 Å². The second-order valence-electron chi connectivity index (χ2n) is 6.03. The van der Waals surface area contributed by atoms with Crippen LogP contribution in [0.3, 0.4) is 0 Å². The molecular formula is C22H19N3O3S. The lowest BCUT2D eigenvalue weighted by molar-refractivity contribution is -0.112. The topological polar surface area (TPSA) is 84.2 Å². The molecule has 0 aliphatic heterocycles. The van der Waals surface area contributed by atoms with Crippen LogP contribution in [0.15, 0.2) is 60.3 Å². The van der Waals surface area contributed by atoms with Gasteiger partial charge in [0.05, 0.1) is 14.2 Å². The number of amides is 1. The molecule has 0 fully saturated rings. The van der Waals surface area contributed by atoms with Gasteiger partial charge >= 0.3 is 0 Å². The number of carbonyl (C=O) groups is 1. The summed E-state index contributed by atoms with van der Waals surface area (Å²) >= 11 is 1.39. The molecule has 0 spiro atoms. The summed E-state index contributed by atoms with van der Waals surface area (Å²) in [6.45, 7) is 0. The molecule has 6 nitrogen and oxygen atoms in total. The van der Waals surface area contributed by atoms with Crippen LogP contribution in [-0.4, -0.2) is 25.1 Å². The molecule has 0 saturated carbocycles. The highest BCUT2D eigenvalue weighted by atomic mass is 32.1. The molecule has 3 rings (SSSR count). The summed E-state index contributed by atoms with van der Waals surface area (Å²) in [7, 11) is 3.07. The second kappa shape index (κ2) is 9.53. The molecule has 0 saturated heterocycles. The Balaban J connectivity index is 1.72. The van der Waals surface area contributed by atoms with Crippen LogP contribution in [0.25, 0.3) is 6.08 Å². The third-order valence-corrected chi connectivity index (χ3v) is 4.99. The highest BCUT2D eigenvalue weighted by molar-refractivity contribution is 7.15. The third-order valence-electron chi connectivity index (χ3n) is 4.08. The Bertz CT molecular complexity index is 1070. The average molecular weight is 405 g/mol. The van der Waals surface area contributed by atoms with Gasteiger partial charge in [0.1, 0.15) is 11.6 Å². The lowest BCUT2D eigenvalue weighted by atomic mass is 10.1. The number of thiazole rings is 1. The molecule has 3 aromatic rings. The summed E-state index contributed by atoms with van der Waals surface area (Å²) in [4.78, 5) is 17.8. The summed E-state index contributed by atoms with van der Waals surface area (Å²) in [6.07, 6.45) is 3.97. The zero-order valence-electron chi connectivity index (χ0n) is 16.0. The monoisotopic (exact) mass is 405 g/mol. The van der Waals surface area contributed by atoms with Crippen LogP contribution >= 0.6 is 11.3 Å². The number of hydrogen-bond donors (Lipinski definition) is 1. The van der Waals surface area contributed by atoms with Gasteiger partial charge < -0.3 is 9.47 Å².